The quantitative estimate of drug-likeness (QED) is 0.667. The molecule has 0 aliphatic carbocycles. The molecule has 0 spiro atoms. The number of hydrogen-bond acceptors (Lipinski definition) is 3. The van der Waals surface area contributed by atoms with Crippen molar-refractivity contribution in [2.24, 2.45) is 11.1 Å². The first-order valence-corrected chi connectivity index (χ1v) is 4.92. The van der Waals surface area contributed by atoms with Crippen molar-refractivity contribution in [2.45, 2.75) is 33.3 Å². The zero-order chi connectivity index (χ0) is 10.5. The van der Waals surface area contributed by atoms with E-state index in [0.29, 0.717) is 12.0 Å². The molecular formula is C10H24N2O. The summed E-state index contributed by atoms with van der Waals surface area (Å²) in [6.07, 6.45) is 0.422. The van der Waals surface area contributed by atoms with E-state index in [0.717, 1.165) is 19.5 Å². The predicted molar refractivity (Wildman–Crippen MR) is 56.6 cm³/mol. The molecule has 80 valence electrons. The van der Waals surface area contributed by atoms with Gasteiger partial charge in [0.15, 0.2) is 0 Å². The first kappa shape index (κ1) is 12.9. The van der Waals surface area contributed by atoms with Crippen LogP contribution in [-0.2, 0) is 0 Å². The van der Waals surface area contributed by atoms with Crippen molar-refractivity contribution in [1.29, 1.82) is 0 Å². The third-order valence-corrected chi connectivity index (χ3v) is 1.86. The Hall–Kier alpha value is -0.120. The van der Waals surface area contributed by atoms with Crippen molar-refractivity contribution in [3.05, 3.63) is 0 Å². The van der Waals surface area contributed by atoms with Gasteiger partial charge in [-0.15, -0.1) is 0 Å². The second-order valence-corrected chi connectivity index (χ2v) is 4.98. The predicted octanol–water partition coefficient (Wildman–Crippen LogP) is 0.674. The molecule has 1 unspecified atom stereocenters. The van der Waals surface area contributed by atoms with Gasteiger partial charge < -0.3 is 15.7 Å². The highest BCUT2D eigenvalue weighted by molar-refractivity contribution is 4.67. The average molecular weight is 188 g/mol. The monoisotopic (exact) mass is 188 g/mol. The molecule has 1 atom stereocenters. The molecule has 0 rings (SSSR count). The lowest BCUT2D eigenvalue weighted by Crippen LogP contribution is -2.33. The van der Waals surface area contributed by atoms with Crippen LogP contribution in [0.1, 0.15) is 27.2 Å². The minimum atomic E-state index is -0.345. The summed E-state index contributed by atoms with van der Waals surface area (Å²) in [5.41, 5.74) is 5.64. The number of nitrogens with zero attached hydrogens (tertiary/aromatic N) is 1. The van der Waals surface area contributed by atoms with E-state index in [-0.39, 0.29) is 6.10 Å². The van der Waals surface area contributed by atoms with Crippen molar-refractivity contribution in [2.75, 3.05) is 26.7 Å². The van der Waals surface area contributed by atoms with Crippen LogP contribution in [0.3, 0.4) is 0 Å². The van der Waals surface area contributed by atoms with Gasteiger partial charge in [-0.1, -0.05) is 20.8 Å². The van der Waals surface area contributed by atoms with Gasteiger partial charge in [0.05, 0.1) is 6.10 Å². The molecule has 0 aliphatic heterocycles. The summed E-state index contributed by atoms with van der Waals surface area (Å²) in [7, 11) is 2.08. The molecule has 0 fully saturated rings. The maximum absolute atomic E-state index is 9.25. The molecule has 3 nitrogen and oxygen atoms in total. The third kappa shape index (κ3) is 8.22. The fourth-order valence-corrected chi connectivity index (χ4v) is 1.38. The van der Waals surface area contributed by atoms with Crippen LogP contribution in [0.4, 0.5) is 0 Å². The van der Waals surface area contributed by atoms with Crippen molar-refractivity contribution < 1.29 is 5.11 Å². The van der Waals surface area contributed by atoms with Gasteiger partial charge in [0.2, 0.25) is 0 Å². The van der Waals surface area contributed by atoms with E-state index in [1.54, 1.807) is 0 Å². The van der Waals surface area contributed by atoms with E-state index in [1.807, 2.05) is 0 Å². The molecule has 0 aliphatic rings. The largest absolute Gasteiger partial charge is 0.392 e. The molecule has 0 saturated carbocycles. The zero-order valence-corrected chi connectivity index (χ0v) is 9.38. The van der Waals surface area contributed by atoms with Crippen LogP contribution in [0, 0.1) is 5.41 Å². The highest BCUT2D eigenvalue weighted by atomic mass is 16.3. The Morgan fingerprint density at radius 1 is 1.38 bits per heavy atom. The molecule has 0 radical (unpaired) electrons. The molecule has 0 aromatic heterocycles. The minimum absolute atomic E-state index is 0.322. The number of rotatable bonds is 5. The summed E-state index contributed by atoms with van der Waals surface area (Å²) < 4.78 is 0. The molecule has 3 N–H and O–H groups in total. The Morgan fingerprint density at radius 3 is 2.31 bits per heavy atom. The summed E-state index contributed by atoms with van der Waals surface area (Å²) in [5, 5.41) is 9.25. The van der Waals surface area contributed by atoms with Gasteiger partial charge in [-0.3, -0.25) is 0 Å². The molecule has 13 heavy (non-hydrogen) atoms. The van der Waals surface area contributed by atoms with E-state index in [4.69, 9.17) is 5.73 Å². The summed E-state index contributed by atoms with van der Waals surface area (Å²) in [6, 6.07) is 0. The average Bonchev–Trinajstić information content (AvgIpc) is 1.97. The maximum atomic E-state index is 9.25. The van der Waals surface area contributed by atoms with Gasteiger partial charge in [-0.05, 0) is 18.9 Å². The number of aliphatic hydroxyl groups is 1. The van der Waals surface area contributed by atoms with Gasteiger partial charge in [-0.25, -0.2) is 0 Å². The van der Waals surface area contributed by atoms with E-state index < -0.39 is 0 Å². The van der Waals surface area contributed by atoms with Gasteiger partial charge in [0, 0.05) is 19.6 Å². The van der Waals surface area contributed by atoms with E-state index in [2.05, 4.69) is 32.7 Å². The smallest absolute Gasteiger partial charge is 0.0674 e. The SMILES string of the molecule is CN(CCC(O)CN)CC(C)(C)C. The lowest BCUT2D eigenvalue weighted by molar-refractivity contribution is 0.142. The van der Waals surface area contributed by atoms with Crippen molar-refractivity contribution in [3.8, 4) is 0 Å². The number of hydrogen-bond donors (Lipinski definition) is 2. The van der Waals surface area contributed by atoms with Crippen LogP contribution in [0.5, 0.6) is 0 Å². The van der Waals surface area contributed by atoms with Gasteiger partial charge >= 0.3 is 0 Å². The van der Waals surface area contributed by atoms with E-state index >= 15 is 0 Å². The summed E-state index contributed by atoms with van der Waals surface area (Å²) in [4.78, 5) is 2.24. The fraction of sp³-hybridized carbons (Fsp3) is 1.00. The Bertz CT molecular complexity index is 131. The Labute approximate surface area is 81.9 Å². The second-order valence-electron chi connectivity index (χ2n) is 4.98. The Kier molecular flexibility index (Phi) is 5.53. The number of aliphatic hydroxyl groups excluding tert-OH is 1. The third-order valence-electron chi connectivity index (χ3n) is 1.86. The van der Waals surface area contributed by atoms with Gasteiger partial charge in [0.25, 0.3) is 0 Å². The van der Waals surface area contributed by atoms with Gasteiger partial charge in [0.1, 0.15) is 0 Å². The topological polar surface area (TPSA) is 49.5 Å². The molecule has 0 saturated heterocycles. The second kappa shape index (κ2) is 5.58. The Morgan fingerprint density at radius 2 is 1.92 bits per heavy atom. The molecule has 0 bridgehead atoms. The molecule has 0 amide bonds. The van der Waals surface area contributed by atoms with Crippen LogP contribution >= 0.6 is 0 Å². The highest BCUT2D eigenvalue weighted by Gasteiger charge is 2.13. The van der Waals surface area contributed by atoms with E-state index in [9.17, 15) is 5.11 Å². The van der Waals surface area contributed by atoms with Crippen LogP contribution < -0.4 is 5.73 Å². The summed E-state index contributed by atoms with van der Waals surface area (Å²) in [5.74, 6) is 0. The normalized spacial score (nSPS) is 15.0. The Balaban J connectivity index is 3.57. The van der Waals surface area contributed by atoms with Crippen LogP contribution in [0.15, 0.2) is 0 Å². The highest BCUT2D eigenvalue weighted by Crippen LogP contribution is 2.14. The van der Waals surface area contributed by atoms with Crippen molar-refractivity contribution >= 4 is 0 Å². The number of nitrogens with two attached hydrogens (primary N) is 1. The summed E-state index contributed by atoms with van der Waals surface area (Å²) in [6.45, 7) is 8.96. The first-order valence-electron chi connectivity index (χ1n) is 4.92. The molecular weight excluding hydrogens is 164 g/mol. The van der Waals surface area contributed by atoms with E-state index in [1.165, 1.54) is 0 Å². The van der Waals surface area contributed by atoms with Crippen LogP contribution in [-0.4, -0.2) is 42.8 Å². The molecule has 0 aromatic rings. The fourth-order valence-electron chi connectivity index (χ4n) is 1.38. The van der Waals surface area contributed by atoms with Crippen LogP contribution in [0.25, 0.3) is 0 Å². The van der Waals surface area contributed by atoms with Crippen molar-refractivity contribution in [3.63, 3.8) is 0 Å². The molecule has 0 heterocycles. The molecule has 0 aromatic carbocycles. The standard InChI is InChI=1S/C10H24N2O/c1-10(2,3)8-12(4)6-5-9(13)7-11/h9,13H,5-8,11H2,1-4H3. The molecule has 3 heteroatoms. The van der Waals surface area contributed by atoms with Crippen molar-refractivity contribution in [1.82, 2.24) is 4.90 Å². The lowest BCUT2D eigenvalue weighted by atomic mass is 9.96. The minimum Gasteiger partial charge on any atom is -0.392 e. The zero-order valence-electron chi connectivity index (χ0n) is 9.38. The van der Waals surface area contributed by atoms with Gasteiger partial charge in [-0.2, -0.15) is 0 Å². The summed E-state index contributed by atoms with van der Waals surface area (Å²) >= 11 is 0. The first-order chi connectivity index (χ1) is 5.85. The maximum Gasteiger partial charge on any atom is 0.0674 e. The van der Waals surface area contributed by atoms with Crippen LogP contribution in [0.2, 0.25) is 0 Å². The lowest BCUT2D eigenvalue weighted by Gasteiger charge is -2.26.